The highest BCUT2D eigenvalue weighted by Crippen LogP contribution is 2.38. The fourth-order valence-electron chi connectivity index (χ4n) is 4.51. The number of hydrogen-bond donors (Lipinski definition) is 1. The lowest BCUT2D eigenvalue weighted by Crippen LogP contribution is -2.53. The maximum absolute atomic E-state index is 11.6. The number of carboxylic acids is 1. The Bertz CT molecular complexity index is 348. The van der Waals surface area contributed by atoms with Crippen molar-refractivity contribution in [3.05, 3.63) is 0 Å². The van der Waals surface area contributed by atoms with Crippen LogP contribution in [0.15, 0.2) is 0 Å². The van der Waals surface area contributed by atoms with E-state index in [1.807, 2.05) is 0 Å². The first-order chi connectivity index (χ1) is 9.67. The highest BCUT2D eigenvalue weighted by molar-refractivity contribution is 5.71. The number of carboxylic acid groups (broad SMARTS) is 1. The average molecular weight is 281 g/mol. The number of likely N-dealkylation sites (tertiary alicyclic amines) is 1. The second-order valence-corrected chi connectivity index (χ2v) is 6.89. The lowest BCUT2D eigenvalue weighted by molar-refractivity contribution is -0.149. The summed E-state index contributed by atoms with van der Waals surface area (Å²) in [7, 11) is 0. The van der Waals surface area contributed by atoms with E-state index >= 15 is 0 Å². The van der Waals surface area contributed by atoms with Gasteiger partial charge >= 0.3 is 5.97 Å². The Morgan fingerprint density at radius 2 is 1.90 bits per heavy atom. The van der Waals surface area contributed by atoms with Crippen LogP contribution >= 0.6 is 0 Å². The molecule has 0 aromatic rings. The van der Waals surface area contributed by atoms with Crippen LogP contribution in [0, 0.1) is 11.8 Å². The lowest BCUT2D eigenvalue weighted by atomic mass is 9.75. The third kappa shape index (κ3) is 2.86. The molecule has 0 spiro atoms. The molecule has 0 radical (unpaired) electrons. The Morgan fingerprint density at radius 3 is 2.50 bits per heavy atom. The van der Waals surface area contributed by atoms with Crippen LogP contribution in [0.5, 0.6) is 0 Å². The van der Waals surface area contributed by atoms with E-state index in [1.165, 1.54) is 12.8 Å². The van der Waals surface area contributed by atoms with Crippen LogP contribution in [0.3, 0.4) is 0 Å². The van der Waals surface area contributed by atoms with Gasteiger partial charge in [-0.3, -0.25) is 9.69 Å². The van der Waals surface area contributed by atoms with Crippen molar-refractivity contribution in [1.29, 1.82) is 0 Å². The Kier molecular flexibility index (Phi) is 4.32. The third-order valence-corrected chi connectivity index (χ3v) is 5.48. The zero-order valence-electron chi connectivity index (χ0n) is 12.5. The van der Waals surface area contributed by atoms with E-state index in [0.29, 0.717) is 12.2 Å². The summed E-state index contributed by atoms with van der Waals surface area (Å²) >= 11 is 0. The van der Waals surface area contributed by atoms with Crippen LogP contribution in [0.1, 0.15) is 51.9 Å². The molecule has 3 aliphatic rings. The molecule has 1 aliphatic carbocycles. The van der Waals surface area contributed by atoms with Crippen LogP contribution in [0.25, 0.3) is 0 Å². The molecule has 0 aromatic carbocycles. The van der Waals surface area contributed by atoms with E-state index in [-0.39, 0.29) is 12.0 Å². The largest absolute Gasteiger partial charge is 0.481 e. The van der Waals surface area contributed by atoms with Gasteiger partial charge in [0.1, 0.15) is 0 Å². The predicted octanol–water partition coefficient (Wildman–Crippen LogP) is 2.52. The van der Waals surface area contributed by atoms with Crippen LogP contribution in [0.2, 0.25) is 0 Å². The smallest absolute Gasteiger partial charge is 0.308 e. The van der Waals surface area contributed by atoms with Crippen molar-refractivity contribution in [3.63, 3.8) is 0 Å². The highest BCUT2D eigenvalue weighted by atomic mass is 16.5. The first-order valence-electron chi connectivity index (χ1n) is 8.29. The number of hydrogen-bond acceptors (Lipinski definition) is 3. The molecule has 0 amide bonds. The number of nitrogens with zero attached hydrogens (tertiary/aromatic N) is 1. The molecule has 0 aromatic heterocycles. The maximum Gasteiger partial charge on any atom is 0.308 e. The quantitative estimate of drug-likeness (QED) is 0.860. The van der Waals surface area contributed by atoms with E-state index in [9.17, 15) is 9.90 Å². The van der Waals surface area contributed by atoms with Gasteiger partial charge in [0.2, 0.25) is 0 Å². The first-order valence-corrected chi connectivity index (χ1v) is 8.29. The number of fused-ring (bicyclic) bond motifs is 2. The van der Waals surface area contributed by atoms with Gasteiger partial charge in [-0.05, 0) is 38.0 Å². The van der Waals surface area contributed by atoms with E-state index in [4.69, 9.17) is 4.74 Å². The molecule has 2 heterocycles. The van der Waals surface area contributed by atoms with Crippen molar-refractivity contribution >= 4 is 5.97 Å². The number of carbonyl (C=O) groups is 1. The summed E-state index contributed by atoms with van der Waals surface area (Å²) in [6.07, 6.45) is 8.52. The van der Waals surface area contributed by atoms with E-state index in [0.717, 1.165) is 51.1 Å². The summed E-state index contributed by atoms with van der Waals surface area (Å²) in [5, 5.41) is 9.54. The van der Waals surface area contributed by atoms with Gasteiger partial charge in [0.05, 0.1) is 18.1 Å². The molecule has 5 unspecified atom stereocenters. The minimum atomic E-state index is -0.594. The van der Waals surface area contributed by atoms with Crippen molar-refractivity contribution in [1.82, 2.24) is 4.90 Å². The summed E-state index contributed by atoms with van der Waals surface area (Å²) in [6, 6.07) is 0.241. The first kappa shape index (κ1) is 14.3. The van der Waals surface area contributed by atoms with Crippen molar-refractivity contribution in [3.8, 4) is 0 Å². The molecule has 2 bridgehead atoms. The molecule has 4 heteroatoms. The fourth-order valence-corrected chi connectivity index (χ4v) is 4.51. The van der Waals surface area contributed by atoms with E-state index < -0.39 is 5.97 Å². The Labute approximate surface area is 121 Å². The summed E-state index contributed by atoms with van der Waals surface area (Å²) in [5.74, 6) is -0.0366. The molecule has 5 atom stereocenters. The Morgan fingerprint density at radius 1 is 1.20 bits per heavy atom. The van der Waals surface area contributed by atoms with E-state index in [1.54, 1.807) is 0 Å². The van der Waals surface area contributed by atoms with E-state index in [2.05, 4.69) is 11.8 Å². The van der Waals surface area contributed by atoms with Gasteiger partial charge in [-0.2, -0.15) is 0 Å². The molecule has 2 saturated heterocycles. The fraction of sp³-hybridized carbons (Fsp3) is 0.938. The molecule has 114 valence electrons. The van der Waals surface area contributed by atoms with Gasteiger partial charge in [0.25, 0.3) is 0 Å². The summed E-state index contributed by atoms with van der Waals surface area (Å²) in [4.78, 5) is 14.0. The normalized spacial score (nSPS) is 41.8. The molecule has 4 nitrogen and oxygen atoms in total. The highest BCUT2D eigenvalue weighted by Gasteiger charge is 2.43. The molecule has 3 rings (SSSR count). The minimum absolute atomic E-state index is 0.166. The second kappa shape index (κ2) is 6.02. The third-order valence-electron chi connectivity index (χ3n) is 5.48. The molecular weight excluding hydrogens is 254 g/mol. The number of ether oxygens (including phenoxy) is 1. The molecule has 1 saturated carbocycles. The summed E-state index contributed by atoms with van der Waals surface area (Å²) < 4.78 is 5.90. The number of morpholine rings is 1. The van der Waals surface area contributed by atoms with Gasteiger partial charge in [-0.15, -0.1) is 0 Å². The molecule has 1 N–H and O–H groups in total. The van der Waals surface area contributed by atoms with Gasteiger partial charge in [0, 0.05) is 19.1 Å². The van der Waals surface area contributed by atoms with Crippen molar-refractivity contribution < 1.29 is 14.6 Å². The predicted molar refractivity (Wildman–Crippen MR) is 76.6 cm³/mol. The standard InChI is InChI=1S/C16H27NO3/c1-2-3-11-4-7-14(16(18)19)15(8-11)17-9-12-5-6-13(10-17)20-12/h11-15H,2-10H2,1H3,(H,18,19). The van der Waals surface area contributed by atoms with Crippen molar-refractivity contribution in [2.45, 2.75) is 70.1 Å². The Hall–Kier alpha value is -0.610. The van der Waals surface area contributed by atoms with Gasteiger partial charge in [-0.1, -0.05) is 19.8 Å². The van der Waals surface area contributed by atoms with Crippen molar-refractivity contribution in [2.24, 2.45) is 11.8 Å². The molecular formula is C16H27NO3. The van der Waals surface area contributed by atoms with Gasteiger partial charge < -0.3 is 9.84 Å². The number of rotatable bonds is 4. The van der Waals surface area contributed by atoms with Crippen LogP contribution < -0.4 is 0 Å². The summed E-state index contributed by atoms with van der Waals surface area (Å²) in [6.45, 7) is 4.13. The van der Waals surface area contributed by atoms with Gasteiger partial charge in [0.15, 0.2) is 0 Å². The molecule has 20 heavy (non-hydrogen) atoms. The van der Waals surface area contributed by atoms with Crippen LogP contribution in [0.4, 0.5) is 0 Å². The zero-order chi connectivity index (χ0) is 14.1. The SMILES string of the molecule is CCCC1CCC(C(=O)O)C(N2CC3CCC(C2)O3)C1. The van der Waals surface area contributed by atoms with Gasteiger partial charge in [-0.25, -0.2) is 0 Å². The monoisotopic (exact) mass is 281 g/mol. The van der Waals surface area contributed by atoms with Crippen LogP contribution in [-0.2, 0) is 9.53 Å². The Balaban J connectivity index is 1.70. The summed E-state index contributed by atoms with van der Waals surface area (Å²) in [5.41, 5.74) is 0. The average Bonchev–Trinajstić information content (AvgIpc) is 2.77. The second-order valence-electron chi connectivity index (χ2n) is 6.89. The topological polar surface area (TPSA) is 49.8 Å². The molecule has 2 aliphatic heterocycles. The molecule has 3 fully saturated rings. The minimum Gasteiger partial charge on any atom is -0.481 e. The number of aliphatic carboxylic acids is 1. The lowest BCUT2D eigenvalue weighted by Gasteiger charge is -2.44. The van der Waals surface area contributed by atoms with Crippen molar-refractivity contribution in [2.75, 3.05) is 13.1 Å². The van der Waals surface area contributed by atoms with Crippen LogP contribution in [-0.4, -0.2) is 47.3 Å². The maximum atomic E-state index is 11.6. The zero-order valence-corrected chi connectivity index (χ0v) is 12.5.